The van der Waals surface area contributed by atoms with Crippen molar-refractivity contribution in [3.05, 3.63) is 12.7 Å². The summed E-state index contributed by atoms with van der Waals surface area (Å²) in [5.41, 5.74) is 0. The van der Waals surface area contributed by atoms with E-state index in [0.717, 1.165) is 6.61 Å². The first-order valence-electron chi connectivity index (χ1n) is 9.76. The number of ether oxygens (including phenoxy) is 3. The molecule has 0 atom stereocenters. The van der Waals surface area contributed by atoms with E-state index in [0.29, 0.717) is 33.0 Å². The highest BCUT2D eigenvalue weighted by Crippen LogP contribution is 2.11. The van der Waals surface area contributed by atoms with Crippen LogP contribution < -0.4 is 0 Å². The number of rotatable bonds is 20. The van der Waals surface area contributed by atoms with Crippen molar-refractivity contribution in [1.82, 2.24) is 0 Å². The molecule has 0 spiro atoms. The van der Waals surface area contributed by atoms with Crippen molar-refractivity contribution in [3.63, 3.8) is 0 Å². The molecule has 0 aromatic carbocycles. The Hall–Kier alpha value is -0.380. The van der Waals surface area contributed by atoms with Gasteiger partial charge in [0.05, 0.1) is 33.0 Å². The monoisotopic (exact) mass is 328 g/mol. The van der Waals surface area contributed by atoms with Crippen molar-refractivity contribution in [3.8, 4) is 0 Å². The van der Waals surface area contributed by atoms with E-state index in [9.17, 15) is 0 Å². The maximum Gasteiger partial charge on any atom is 0.0704 e. The first kappa shape index (κ1) is 22.6. The highest BCUT2D eigenvalue weighted by molar-refractivity contribution is 4.63. The molecule has 0 aliphatic heterocycles. The first-order chi connectivity index (χ1) is 11.4. The third-order valence-electron chi connectivity index (χ3n) is 3.87. The highest BCUT2D eigenvalue weighted by atomic mass is 16.5. The van der Waals surface area contributed by atoms with Crippen LogP contribution in [0.3, 0.4) is 0 Å². The van der Waals surface area contributed by atoms with Gasteiger partial charge in [0.15, 0.2) is 0 Å². The molecule has 23 heavy (non-hydrogen) atoms. The van der Waals surface area contributed by atoms with Gasteiger partial charge >= 0.3 is 0 Å². The van der Waals surface area contributed by atoms with Crippen molar-refractivity contribution in [1.29, 1.82) is 0 Å². The minimum atomic E-state index is 0.596. The molecule has 3 heteroatoms. The van der Waals surface area contributed by atoms with E-state index < -0.39 is 0 Å². The van der Waals surface area contributed by atoms with Gasteiger partial charge in [-0.2, -0.15) is 0 Å². The topological polar surface area (TPSA) is 27.7 Å². The fourth-order valence-electron chi connectivity index (χ4n) is 2.47. The fraction of sp³-hybridized carbons (Fsp3) is 0.900. The van der Waals surface area contributed by atoms with E-state index in [1.165, 1.54) is 70.6 Å². The second-order valence-corrected chi connectivity index (χ2v) is 6.12. The summed E-state index contributed by atoms with van der Waals surface area (Å²) >= 11 is 0. The van der Waals surface area contributed by atoms with Crippen LogP contribution in [0.5, 0.6) is 0 Å². The standard InChI is InChI=1S/C20H40O3/c1-3-5-6-7-8-9-10-11-12-13-14-16-22-18-20-23-19-17-21-15-4-2/h4H,2-3,5-20H2,1H3. The average Bonchev–Trinajstić information content (AvgIpc) is 2.57. The normalized spacial score (nSPS) is 11.0. The lowest BCUT2D eigenvalue weighted by molar-refractivity contribution is 0.0188. The molecule has 0 saturated carbocycles. The van der Waals surface area contributed by atoms with Crippen LogP contribution in [-0.4, -0.2) is 39.6 Å². The molecule has 0 bridgehead atoms. The molecular formula is C20H40O3. The first-order valence-corrected chi connectivity index (χ1v) is 9.76. The summed E-state index contributed by atoms with van der Waals surface area (Å²) in [6, 6.07) is 0. The van der Waals surface area contributed by atoms with Crippen molar-refractivity contribution in [2.24, 2.45) is 0 Å². The fourth-order valence-corrected chi connectivity index (χ4v) is 2.47. The van der Waals surface area contributed by atoms with Crippen LogP contribution in [0.2, 0.25) is 0 Å². The molecule has 0 aliphatic rings. The van der Waals surface area contributed by atoms with Crippen molar-refractivity contribution in [2.45, 2.75) is 77.6 Å². The number of unbranched alkanes of at least 4 members (excludes halogenated alkanes) is 10. The van der Waals surface area contributed by atoms with E-state index in [1.807, 2.05) is 0 Å². The number of hydrogen-bond donors (Lipinski definition) is 0. The van der Waals surface area contributed by atoms with Gasteiger partial charge in [0.1, 0.15) is 0 Å². The quantitative estimate of drug-likeness (QED) is 0.217. The second-order valence-electron chi connectivity index (χ2n) is 6.12. The van der Waals surface area contributed by atoms with Crippen LogP contribution in [0, 0.1) is 0 Å². The Balaban J connectivity index is 2.93. The van der Waals surface area contributed by atoms with Crippen LogP contribution in [0.15, 0.2) is 12.7 Å². The Bertz CT molecular complexity index is 219. The summed E-state index contributed by atoms with van der Waals surface area (Å²) in [7, 11) is 0. The Kier molecular flexibility index (Phi) is 21.3. The van der Waals surface area contributed by atoms with Gasteiger partial charge in [-0.05, 0) is 6.42 Å². The molecule has 0 radical (unpaired) electrons. The third kappa shape index (κ3) is 21.6. The summed E-state index contributed by atoms with van der Waals surface area (Å²) in [6.07, 6.45) is 16.9. The number of hydrogen-bond acceptors (Lipinski definition) is 3. The minimum absolute atomic E-state index is 0.596. The lowest BCUT2D eigenvalue weighted by atomic mass is 10.1. The summed E-state index contributed by atoms with van der Waals surface area (Å²) in [6.45, 7) is 9.95. The van der Waals surface area contributed by atoms with Gasteiger partial charge < -0.3 is 14.2 Å². The predicted octanol–water partition coefficient (Wildman–Crippen LogP) is 5.53. The Morgan fingerprint density at radius 2 is 1.00 bits per heavy atom. The second kappa shape index (κ2) is 21.6. The molecule has 0 heterocycles. The summed E-state index contributed by atoms with van der Waals surface area (Å²) < 4.78 is 16.2. The van der Waals surface area contributed by atoms with E-state index in [4.69, 9.17) is 14.2 Å². The van der Waals surface area contributed by atoms with Crippen LogP contribution in [0.4, 0.5) is 0 Å². The molecule has 0 rings (SSSR count). The molecular weight excluding hydrogens is 288 g/mol. The molecule has 0 amide bonds. The van der Waals surface area contributed by atoms with Gasteiger partial charge in [0.2, 0.25) is 0 Å². The van der Waals surface area contributed by atoms with Crippen LogP contribution >= 0.6 is 0 Å². The van der Waals surface area contributed by atoms with E-state index in [-0.39, 0.29) is 0 Å². The summed E-state index contributed by atoms with van der Waals surface area (Å²) in [5, 5.41) is 0. The molecule has 138 valence electrons. The van der Waals surface area contributed by atoms with E-state index >= 15 is 0 Å². The van der Waals surface area contributed by atoms with Gasteiger partial charge in [-0.3, -0.25) is 0 Å². The largest absolute Gasteiger partial charge is 0.379 e. The molecule has 0 fully saturated rings. The minimum Gasteiger partial charge on any atom is -0.379 e. The zero-order valence-electron chi connectivity index (χ0n) is 15.5. The Labute approximate surface area is 144 Å². The molecule has 0 aliphatic carbocycles. The maximum atomic E-state index is 5.56. The lowest BCUT2D eigenvalue weighted by Gasteiger charge is -2.06. The van der Waals surface area contributed by atoms with Gasteiger partial charge in [0, 0.05) is 6.61 Å². The third-order valence-corrected chi connectivity index (χ3v) is 3.87. The van der Waals surface area contributed by atoms with E-state index in [2.05, 4.69) is 13.5 Å². The zero-order chi connectivity index (χ0) is 16.8. The van der Waals surface area contributed by atoms with Crippen LogP contribution in [0.25, 0.3) is 0 Å². The molecule has 0 N–H and O–H groups in total. The van der Waals surface area contributed by atoms with E-state index in [1.54, 1.807) is 6.08 Å². The lowest BCUT2D eigenvalue weighted by Crippen LogP contribution is -2.09. The maximum absolute atomic E-state index is 5.56. The van der Waals surface area contributed by atoms with Gasteiger partial charge in [-0.15, -0.1) is 6.58 Å². The molecule has 0 unspecified atom stereocenters. The molecule has 3 nitrogen and oxygen atoms in total. The van der Waals surface area contributed by atoms with Crippen molar-refractivity contribution >= 4 is 0 Å². The predicted molar refractivity (Wildman–Crippen MR) is 99.1 cm³/mol. The van der Waals surface area contributed by atoms with Crippen LogP contribution in [0.1, 0.15) is 77.6 Å². The summed E-state index contributed by atoms with van der Waals surface area (Å²) in [4.78, 5) is 0. The summed E-state index contributed by atoms with van der Waals surface area (Å²) in [5.74, 6) is 0. The molecule has 0 saturated heterocycles. The van der Waals surface area contributed by atoms with Crippen molar-refractivity contribution < 1.29 is 14.2 Å². The van der Waals surface area contributed by atoms with Crippen molar-refractivity contribution in [2.75, 3.05) is 39.6 Å². The van der Waals surface area contributed by atoms with Gasteiger partial charge in [-0.25, -0.2) is 0 Å². The Morgan fingerprint density at radius 1 is 0.565 bits per heavy atom. The molecule has 0 aromatic rings. The highest BCUT2D eigenvalue weighted by Gasteiger charge is 1.94. The molecule has 0 aromatic heterocycles. The average molecular weight is 329 g/mol. The SMILES string of the molecule is C=CCOCCOCCOCCCCCCCCCCCCC. The Morgan fingerprint density at radius 3 is 1.52 bits per heavy atom. The van der Waals surface area contributed by atoms with Gasteiger partial charge in [0.25, 0.3) is 0 Å². The van der Waals surface area contributed by atoms with Crippen LogP contribution in [-0.2, 0) is 14.2 Å². The smallest absolute Gasteiger partial charge is 0.0704 e. The zero-order valence-corrected chi connectivity index (χ0v) is 15.5. The van der Waals surface area contributed by atoms with Gasteiger partial charge in [-0.1, -0.05) is 77.2 Å².